The number of benzene rings is 1. The van der Waals surface area contributed by atoms with Crippen molar-refractivity contribution >= 4 is 17.5 Å². The van der Waals surface area contributed by atoms with E-state index in [1.807, 2.05) is 4.90 Å². The number of anilines is 1. The Morgan fingerprint density at radius 2 is 2.00 bits per heavy atom. The Morgan fingerprint density at radius 1 is 1.29 bits per heavy atom. The fourth-order valence-corrected chi connectivity index (χ4v) is 2.61. The molecule has 1 aliphatic rings. The molecule has 0 bridgehead atoms. The first-order valence-corrected chi connectivity index (χ1v) is 7.43. The topological polar surface area (TPSA) is 49.4 Å². The molecule has 21 heavy (non-hydrogen) atoms. The third-order valence-electron chi connectivity index (χ3n) is 3.78. The average molecular weight is 286 g/mol. The lowest BCUT2D eigenvalue weighted by Crippen LogP contribution is -2.34. The van der Waals surface area contributed by atoms with Crippen LogP contribution in [0.1, 0.15) is 36.5 Å². The Bertz CT molecular complexity index is 522. The summed E-state index contributed by atoms with van der Waals surface area (Å²) in [7, 11) is 0. The van der Waals surface area contributed by atoms with Gasteiger partial charge in [-0.05, 0) is 49.1 Å². The van der Waals surface area contributed by atoms with Crippen molar-refractivity contribution in [3.05, 3.63) is 42.5 Å². The Balaban J connectivity index is 2.05. The number of nitrogens with zero attached hydrogens (tertiary/aromatic N) is 1. The molecule has 1 aliphatic heterocycles. The third kappa shape index (κ3) is 4.18. The van der Waals surface area contributed by atoms with Crippen molar-refractivity contribution in [3.8, 4) is 0 Å². The van der Waals surface area contributed by atoms with Crippen LogP contribution >= 0.6 is 0 Å². The molecule has 0 aliphatic carbocycles. The molecule has 0 radical (unpaired) electrons. The van der Waals surface area contributed by atoms with Crippen LogP contribution in [0, 0.1) is 5.92 Å². The van der Waals surface area contributed by atoms with Crippen molar-refractivity contribution in [1.82, 2.24) is 4.90 Å². The Hall–Kier alpha value is -2.10. The van der Waals surface area contributed by atoms with Gasteiger partial charge in [-0.3, -0.25) is 9.59 Å². The Labute approximate surface area is 125 Å². The zero-order chi connectivity index (χ0) is 15.2. The van der Waals surface area contributed by atoms with Crippen LogP contribution in [-0.2, 0) is 4.79 Å². The van der Waals surface area contributed by atoms with Gasteiger partial charge < -0.3 is 10.2 Å². The number of rotatable bonds is 3. The highest BCUT2D eigenvalue weighted by Crippen LogP contribution is 2.18. The van der Waals surface area contributed by atoms with Crippen LogP contribution in [0.25, 0.3) is 0 Å². The first-order valence-electron chi connectivity index (χ1n) is 7.43. The maximum absolute atomic E-state index is 12.5. The Kier molecular flexibility index (Phi) is 5.14. The van der Waals surface area contributed by atoms with Gasteiger partial charge in [-0.25, -0.2) is 0 Å². The van der Waals surface area contributed by atoms with Gasteiger partial charge in [-0.2, -0.15) is 0 Å². The van der Waals surface area contributed by atoms with Crippen molar-refractivity contribution in [2.24, 2.45) is 5.92 Å². The van der Waals surface area contributed by atoms with E-state index in [0.717, 1.165) is 19.5 Å². The normalized spacial score (nSPS) is 18.7. The summed E-state index contributed by atoms with van der Waals surface area (Å²) in [6.07, 6.45) is 4.68. The minimum Gasteiger partial charge on any atom is -0.338 e. The van der Waals surface area contributed by atoms with Crippen molar-refractivity contribution in [2.75, 3.05) is 18.4 Å². The predicted octanol–water partition coefficient (Wildman–Crippen LogP) is 3.07. The molecule has 1 atom stereocenters. The van der Waals surface area contributed by atoms with Gasteiger partial charge in [0.15, 0.2) is 0 Å². The molecular formula is C17H22N2O2. The summed E-state index contributed by atoms with van der Waals surface area (Å²) in [5.41, 5.74) is 1.33. The predicted molar refractivity (Wildman–Crippen MR) is 84.2 cm³/mol. The lowest BCUT2D eigenvalue weighted by atomic mass is 10.1. The molecule has 1 saturated heterocycles. The van der Waals surface area contributed by atoms with Crippen LogP contribution in [0.4, 0.5) is 5.69 Å². The number of nitrogens with one attached hydrogen (secondary N) is 1. The maximum atomic E-state index is 12.5. The Morgan fingerprint density at radius 3 is 2.67 bits per heavy atom. The van der Waals surface area contributed by atoms with E-state index in [-0.39, 0.29) is 11.8 Å². The van der Waals surface area contributed by atoms with Crippen molar-refractivity contribution in [3.63, 3.8) is 0 Å². The van der Waals surface area contributed by atoms with Crippen molar-refractivity contribution in [2.45, 2.75) is 26.2 Å². The van der Waals surface area contributed by atoms with Crippen LogP contribution in [-0.4, -0.2) is 29.8 Å². The van der Waals surface area contributed by atoms with Crippen LogP contribution in [0.5, 0.6) is 0 Å². The van der Waals surface area contributed by atoms with Crippen LogP contribution in [0.2, 0.25) is 0 Å². The number of carbonyl (C=O) groups is 2. The van der Waals surface area contributed by atoms with Crippen molar-refractivity contribution < 1.29 is 9.59 Å². The van der Waals surface area contributed by atoms with E-state index in [4.69, 9.17) is 0 Å². The molecule has 2 rings (SSSR count). The number of carbonyl (C=O) groups excluding carboxylic acids is 2. The lowest BCUT2D eigenvalue weighted by Gasteiger charge is -2.23. The first kappa shape index (κ1) is 15.3. The summed E-state index contributed by atoms with van der Waals surface area (Å²) in [5, 5.41) is 2.67. The van der Waals surface area contributed by atoms with Gasteiger partial charge in [-0.1, -0.05) is 19.9 Å². The van der Waals surface area contributed by atoms with Crippen LogP contribution in [0.3, 0.4) is 0 Å². The molecule has 1 aromatic carbocycles. The fraction of sp³-hybridized carbons (Fsp3) is 0.412. The molecule has 0 saturated carbocycles. The van der Waals surface area contributed by atoms with Crippen LogP contribution in [0.15, 0.2) is 36.9 Å². The smallest absolute Gasteiger partial charge is 0.253 e. The fourth-order valence-electron chi connectivity index (χ4n) is 2.61. The molecule has 1 unspecified atom stereocenters. The molecule has 0 spiro atoms. The molecule has 4 nitrogen and oxygen atoms in total. The second-order valence-electron chi connectivity index (χ2n) is 5.62. The molecule has 1 aromatic rings. The van der Waals surface area contributed by atoms with Gasteiger partial charge in [-0.15, -0.1) is 0 Å². The number of likely N-dealkylation sites (tertiary alicyclic amines) is 1. The van der Waals surface area contributed by atoms with Crippen molar-refractivity contribution in [1.29, 1.82) is 0 Å². The first-order chi connectivity index (χ1) is 10.1. The minimum atomic E-state index is -0.254. The number of hydrogen-bond acceptors (Lipinski definition) is 2. The zero-order valence-electron chi connectivity index (χ0n) is 12.5. The van der Waals surface area contributed by atoms with Gasteiger partial charge in [0.1, 0.15) is 0 Å². The summed E-state index contributed by atoms with van der Waals surface area (Å²) in [5.74, 6) is 0.378. The van der Waals surface area contributed by atoms with E-state index < -0.39 is 0 Å². The van der Waals surface area contributed by atoms with Gasteiger partial charge in [0.25, 0.3) is 5.91 Å². The monoisotopic (exact) mass is 286 g/mol. The second-order valence-corrected chi connectivity index (χ2v) is 5.62. The van der Waals surface area contributed by atoms with E-state index >= 15 is 0 Å². The molecule has 4 heteroatoms. The van der Waals surface area contributed by atoms with E-state index in [1.165, 1.54) is 18.9 Å². The molecule has 1 fully saturated rings. The molecule has 2 amide bonds. The van der Waals surface area contributed by atoms with E-state index in [0.29, 0.717) is 17.2 Å². The quantitative estimate of drug-likeness (QED) is 0.868. The largest absolute Gasteiger partial charge is 0.338 e. The second kappa shape index (κ2) is 7.07. The third-order valence-corrected chi connectivity index (χ3v) is 3.78. The summed E-state index contributed by atoms with van der Waals surface area (Å²) in [6.45, 7) is 7.26. The average Bonchev–Trinajstić information content (AvgIpc) is 2.71. The number of amides is 2. The molecular weight excluding hydrogens is 264 g/mol. The summed E-state index contributed by atoms with van der Waals surface area (Å²) >= 11 is 0. The molecule has 112 valence electrons. The minimum absolute atomic E-state index is 0.0744. The maximum Gasteiger partial charge on any atom is 0.253 e. The number of hydrogen-bond donors (Lipinski definition) is 1. The SMILES string of the molecule is C=CC(=O)Nc1ccc(C(=O)N2CCCCC(C)C2)cc1. The highest BCUT2D eigenvalue weighted by molar-refractivity contribution is 5.99. The van der Waals surface area contributed by atoms with E-state index in [9.17, 15) is 9.59 Å². The van der Waals surface area contributed by atoms with E-state index in [2.05, 4.69) is 18.8 Å². The van der Waals surface area contributed by atoms with Gasteiger partial charge in [0.2, 0.25) is 5.91 Å². The van der Waals surface area contributed by atoms with Gasteiger partial charge >= 0.3 is 0 Å². The summed E-state index contributed by atoms with van der Waals surface area (Å²) in [6, 6.07) is 7.01. The van der Waals surface area contributed by atoms with Crippen LogP contribution < -0.4 is 5.32 Å². The summed E-state index contributed by atoms with van der Waals surface area (Å²) < 4.78 is 0. The van der Waals surface area contributed by atoms with E-state index in [1.54, 1.807) is 24.3 Å². The van der Waals surface area contributed by atoms with Gasteiger partial charge in [0.05, 0.1) is 0 Å². The molecule has 0 aromatic heterocycles. The highest BCUT2D eigenvalue weighted by Gasteiger charge is 2.20. The lowest BCUT2D eigenvalue weighted by molar-refractivity contribution is -0.111. The highest BCUT2D eigenvalue weighted by atomic mass is 16.2. The van der Waals surface area contributed by atoms with Gasteiger partial charge in [0, 0.05) is 24.3 Å². The zero-order valence-corrected chi connectivity index (χ0v) is 12.5. The molecule has 1 heterocycles. The molecule has 1 N–H and O–H groups in total. The summed E-state index contributed by atoms with van der Waals surface area (Å²) in [4.78, 5) is 25.7. The standard InChI is InChI=1S/C17H22N2O2/c1-3-16(20)18-15-9-7-14(8-10-15)17(21)19-11-5-4-6-13(2)12-19/h3,7-10,13H,1,4-6,11-12H2,2H3,(H,18,20).